The van der Waals surface area contributed by atoms with E-state index in [0.717, 1.165) is 5.01 Å². The number of hydrazone groups is 1. The second-order valence-corrected chi connectivity index (χ2v) is 7.71. The molecule has 0 atom stereocenters. The maximum absolute atomic E-state index is 12.3. The van der Waals surface area contributed by atoms with E-state index in [4.69, 9.17) is 28.9 Å². The van der Waals surface area contributed by atoms with Gasteiger partial charge in [0.25, 0.3) is 11.5 Å². The molecule has 0 saturated carbocycles. The van der Waals surface area contributed by atoms with Gasteiger partial charge in [-0.1, -0.05) is 43.6 Å². The van der Waals surface area contributed by atoms with Crippen molar-refractivity contribution in [2.75, 3.05) is 5.01 Å². The van der Waals surface area contributed by atoms with Crippen LogP contribution in [0.4, 0.5) is 10.5 Å². The molecule has 2 aromatic rings. The molecular weight excluding hydrogens is 431 g/mol. The first-order valence-corrected chi connectivity index (χ1v) is 9.59. The van der Waals surface area contributed by atoms with Crippen molar-refractivity contribution < 1.29 is 9.59 Å². The number of carbonyl (C=O) groups is 2. The van der Waals surface area contributed by atoms with Crippen molar-refractivity contribution in [3.05, 3.63) is 67.7 Å². The number of amides is 3. The Hall–Kier alpha value is -3.17. The zero-order valence-corrected chi connectivity index (χ0v) is 17.6. The van der Waals surface area contributed by atoms with Crippen LogP contribution in [0.15, 0.2) is 40.4 Å². The molecule has 0 aliphatic carbocycles. The monoisotopic (exact) mass is 448 g/mol. The Kier molecular flexibility index (Phi) is 5.95. The smallest absolute Gasteiger partial charge is 0.347 e. The first-order valence-electron chi connectivity index (χ1n) is 8.83. The number of nitrogens with one attached hydrogen (secondary N) is 2. The zero-order valence-electron chi connectivity index (χ0n) is 16.1. The summed E-state index contributed by atoms with van der Waals surface area (Å²) in [5.41, 5.74) is 6.79. The van der Waals surface area contributed by atoms with Gasteiger partial charge in [0.2, 0.25) is 0 Å². The molecule has 9 nitrogen and oxygen atoms in total. The average molecular weight is 449 g/mol. The number of aromatic amines is 1. The van der Waals surface area contributed by atoms with E-state index in [2.05, 4.69) is 27.2 Å². The van der Waals surface area contributed by atoms with Crippen molar-refractivity contribution >= 4 is 46.5 Å². The first kappa shape index (κ1) is 21.5. The van der Waals surface area contributed by atoms with E-state index in [1.807, 2.05) is 13.8 Å². The number of anilines is 1. The summed E-state index contributed by atoms with van der Waals surface area (Å²) in [4.78, 5) is 35.7. The molecule has 0 spiro atoms. The minimum absolute atomic E-state index is 0.00247. The van der Waals surface area contributed by atoms with E-state index in [-0.39, 0.29) is 45.0 Å². The number of benzene rings is 1. The summed E-state index contributed by atoms with van der Waals surface area (Å²) in [7, 11) is 0. The predicted molar refractivity (Wildman–Crippen MR) is 115 cm³/mol. The van der Waals surface area contributed by atoms with Crippen molar-refractivity contribution in [3.63, 3.8) is 0 Å². The van der Waals surface area contributed by atoms with Gasteiger partial charge in [0.05, 0.1) is 17.1 Å². The molecule has 0 bridgehead atoms. The zero-order chi connectivity index (χ0) is 22.2. The number of rotatable bonds is 5. The molecule has 2 heterocycles. The third kappa shape index (κ3) is 4.22. The molecule has 1 aromatic carbocycles. The molecule has 0 fully saturated rings. The summed E-state index contributed by atoms with van der Waals surface area (Å²) >= 11 is 12.8. The Balaban J connectivity index is 1.98. The molecule has 1 aliphatic rings. The number of aromatic nitrogens is 2. The third-order valence-corrected chi connectivity index (χ3v) is 5.08. The number of H-pyrrole nitrogens is 1. The fourth-order valence-electron chi connectivity index (χ4n) is 2.87. The summed E-state index contributed by atoms with van der Waals surface area (Å²) in [5, 5.41) is 14.3. The molecular formula is C19H18Cl2N6O3. The Morgan fingerprint density at radius 2 is 1.87 bits per heavy atom. The lowest BCUT2D eigenvalue weighted by molar-refractivity contribution is -0.112. The van der Waals surface area contributed by atoms with Crippen LogP contribution in [-0.4, -0.2) is 27.8 Å². The summed E-state index contributed by atoms with van der Waals surface area (Å²) < 4.78 is 0. The van der Waals surface area contributed by atoms with Gasteiger partial charge in [0.1, 0.15) is 0 Å². The highest BCUT2D eigenvalue weighted by molar-refractivity contribution is 6.46. The van der Waals surface area contributed by atoms with Crippen molar-refractivity contribution in [2.45, 2.75) is 26.2 Å². The van der Waals surface area contributed by atoms with Crippen LogP contribution in [0.25, 0.3) is 0 Å². The van der Waals surface area contributed by atoms with Gasteiger partial charge < -0.3 is 11.1 Å². The number of primary amides is 1. The molecule has 0 unspecified atom stereocenters. The second kappa shape index (κ2) is 8.29. The predicted octanol–water partition coefficient (Wildman–Crippen LogP) is 2.68. The second-order valence-electron chi connectivity index (χ2n) is 6.90. The lowest BCUT2D eigenvalue weighted by Gasteiger charge is -2.25. The maximum Gasteiger partial charge on any atom is 0.347 e. The highest BCUT2D eigenvalue weighted by atomic mass is 35.5. The molecule has 0 radical (unpaired) electrons. The van der Waals surface area contributed by atoms with Gasteiger partial charge in [-0.15, -0.1) is 0 Å². The highest BCUT2D eigenvalue weighted by Crippen LogP contribution is 2.33. The topological polar surface area (TPSA) is 134 Å². The number of halogens is 2. The fourth-order valence-corrected chi connectivity index (χ4v) is 3.47. The molecule has 11 heteroatoms. The van der Waals surface area contributed by atoms with E-state index in [1.165, 1.54) is 12.1 Å². The van der Waals surface area contributed by atoms with Gasteiger partial charge in [-0.2, -0.15) is 15.2 Å². The summed E-state index contributed by atoms with van der Waals surface area (Å²) in [6.45, 7) is 7.35. The van der Waals surface area contributed by atoms with Crippen LogP contribution in [0, 0.1) is 0 Å². The quantitative estimate of drug-likeness (QED) is 0.647. The van der Waals surface area contributed by atoms with Gasteiger partial charge in [0.15, 0.2) is 5.71 Å². The van der Waals surface area contributed by atoms with Crippen LogP contribution in [-0.2, 0) is 11.2 Å². The molecule has 3 rings (SSSR count). The van der Waals surface area contributed by atoms with Crippen LogP contribution >= 0.6 is 23.2 Å². The van der Waals surface area contributed by atoms with Crippen LogP contribution in [0.1, 0.15) is 36.6 Å². The van der Waals surface area contributed by atoms with Crippen LogP contribution in [0.5, 0.6) is 0 Å². The number of carbonyl (C=O) groups excluding carboxylic acids is 2. The molecule has 1 aromatic heterocycles. The fraction of sp³-hybridized carbons (Fsp3) is 0.211. The third-order valence-electron chi connectivity index (χ3n) is 4.41. The lowest BCUT2D eigenvalue weighted by atomic mass is 10.0. The SMILES string of the molecule is C=C1NC(=O)N(c2cc(Cl)c(Cc3cc(C(C)C)c(=O)[nH]n3)c(Cl)c2)N=C1C(N)=O. The lowest BCUT2D eigenvalue weighted by Crippen LogP contribution is -2.46. The summed E-state index contributed by atoms with van der Waals surface area (Å²) in [6, 6.07) is 4.02. The standard InChI is InChI=1S/C19H18Cl2N6O3/c1-8(2)12-4-10(24-25-18(12)29)5-13-14(20)6-11(7-15(13)21)27-19(30)23-9(3)16(26-27)17(22)28/h4,6-8H,3,5H2,1-2H3,(H2,22,28)(H,23,30)(H,25,29). The number of hydrogen-bond donors (Lipinski definition) is 3. The number of urea groups is 1. The van der Waals surface area contributed by atoms with Crippen molar-refractivity contribution in [2.24, 2.45) is 10.8 Å². The van der Waals surface area contributed by atoms with Gasteiger partial charge in [-0.25, -0.2) is 9.89 Å². The minimum Gasteiger partial charge on any atom is -0.364 e. The van der Waals surface area contributed by atoms with Gasteiger partial charge >= 0.3 is 6.03 Å². The summed E-state index contributed by atoms with van der Waals surface area (Å²) in [5.74, 6) is -0.822. The minimum atomic E-state index is -0.844. The molecule has 30 heavy (non-hydrogen) atoms. The first-order chi connectivity index (χ1) is 14.1. The number of hydrogen-bond acceptors (Lipinski definition) is 5. The van der Waals surface area contributed by atoms with E-state index >= 15 is 0 Å². The number of nitrogens with two attached hydrogens (primary N) is 1. The molecule has 0 saturated heterocycles. The maximum atomic E-state index is 12.3. The highest BCUT2D eigenvalue weighted by Gasteiger charge is 2.28. The van der Waals surface area contributed by atoms with E-state index in [9.17, 15) is 14.4 Å². The van der Waals surface area contributed by atoms with Crippen LogP contribution in [0.3, 0.4) is 0 Å². The average Bonchev–Trinajstić information content (AvgIpc) is 2.65. The van der Waals surface area contributed by atoms with E-state index in [1.54, 1.807) is 6.07 Å². The van der Waals surface area contributed by atoms with Gasteiger partial charge in [-0.3, -0.25) is 9.59 Å². The van der Waals surface area contributed by atoms with Crippen molar-refractivity contribution in [1.29, 1.82) is 0 Å². The van der Waals surface area contributed by atoms with E-state index < -0.39 is 11.9 Å². The Labute approximate surface area is 181 Å². The van der Waals surface area contributed by atoms with Crippen LogP contribution < -0.4 is 21.6 Å². The summed E-state index contributed by atoms with van der Waals surface area (Å²) in [6.07, 6.45) is 0.257. The largest absolute Gasteiger partial charge is 0.364 e. The Bertz CT molecular complexity index is 1130. The molecule has 3 amide bonds. The van der Waals surface area contributed by atoms with Crippen molar-refractivity contribution in [3.8, 4) is 0 Å². The van der Waals surface area contributed by atoms with Gasteiger partial charge in [-0.05, 0) is 29.7 Å². The Morgan fingerprint density at radius 1 is 1.23 bits per heavy atom. The van der Waals surface area contributed by atoms with Crippen LogP contribution in [0.2, 0.25) is 10.0 Å². The number of nitrogens with zero attached hydrogens (tertiary/aromatic N) is 3. The molecule has 4 N–H and O–H groups in total. The molecule has 1 aliphatic heterocycles. The van der Waals surface area contributed by atoms with Crippen molar-refractivity contribution in [1.82, 2.24) is 15.5 Å². The van der Waals surface area contributed by atoms with Gasteiger partial charge in [0, 0.05) is 22.0 Å². The molecule has 156 valence electrons. The van der Waals surface area contributed by atoms with E-state index in [0.29, 0.717) is 16.8 Å². The Morgan fingerprint density at radius 3 is 2.43 bits per heavy atom. The normalized spacial score (nSPS) is 14.0.